The van der Waals surface area contributed by atoms with Crippen LogP contribution in [0.15, 0.2) is 42.5 Å². The molecule has 1 atom stereocenters. The lowest BCUT2D eigenvalue weighted by molar-refractivity contribution is -0.0748. The van der Waals surface area contributed by atoms with Crippen LogP contribution in [0.25, 0.3) is 10.8 Å². The molecule has 0 spiro atoms. The van der Waals surface area contributed by atoms with Gasteiger partial charge in [-0.1, -0.05) is 50.2 Å². The first-order chi connectivity index (χ1) is 8.66. The Kier molecular flexibility index (Phi) is 4.21. The highest BCUT2D eigenvalue weighted by molar-refractivity contribution is 5.88. The Morgan fingerprint density at radius 1 is 0.944 bits per heavy atom. The Hall–Kier alpha value is -1.54. The van der Waals surface area contributed by atoms with E-state index in [9.17, 15) is 0 Å². The zero-order valence-electron chi connectivity index (χ0n) is 11.2. The van der Waals surface area contributed by atoms with Gasteiger partial charge in [0, 0.05) is 5.39 Å². The smallest absolute Gasteiger partial charge is 0.197 e. The highest BCUT2D eigenvalue weighted by atomic mass is 16.7. The summed E-state index contributed by atoms with van der Waals surface area (Å²) < 4.78 is 11.5. The number of hydrogen-bond acceptors (Lipinski definition) is 2. The molecule has 0 N–H and O–H groups in total. The van der Waals surface area contributed by atoms with Crippen molar-refractivity contribution in [1.29, 1.82) is 0 Å². The third kappa shape index (κ3) is 3.23. The zero-order chi connectivity index (χ0) is 13.0. The van der Waals surface area contributed by atoms with Crippen LogP contribution in [0, 0.1) is 5.92 Å². The van der Waals surface area contributed by atoms with Crippen molar-refractivity contribution in [2.24, 2.45) is 5.92 Å². The molecule has 2 rings (SSSR count). The molecule has 0 saturated carbocycles. The molecular formula is C16H20O2. The molecule has 0 amide bonds. The number of rotatable bonds is 5. The molecule has 0 bridgehead atoms. The lowest BCUT2D eigenvalue weighted by atomic mass is 10.1. The molecule has 96 valence electrons. The van der Waals surface area contributed by atoms with Crippen LogP contribution in [-0.4, -0.2) is 12.9 Å². The van der Waals surface area contributed by atoms with Gasteiger partial charge in [-0.15, -0.1) is 0 Å². The summed E-state index contributed by atoms with van der Waals surface area (Å²) >= 11 is 0. The minimum absolute atomic E-state index is 0.224. The first kappa shape index (κ1) is 12.9. The van der Waals surface area contributed by atoms with Crippen molar-refractivity contribution < 1.29 is 9.47 Å². The Labute approximate surface area is 109 Å². The van der Waals surface area contributed by atoms with E-state index in [0.29, 0.717) is 12.5 Å². The van der Waals surface area contributed by atoms with E-state index < -0.39 is 0 Å². The van der Waals surface area contributed by atoms with Gasteiger partial charge < -0.3 is 9.47 Å². The lowest BCUT2D eigenvalue weighted by Gasteiger charge is -2.17. The van der Waals surface area contributed by atoms with Gasteiger partial charge in [-0.05, 0) is 24.3 Å². The van der Waals surface area contributed by atoms with Crippen molar-refractivity contribution in [3.8, 4) is 5.75 Å². The SMILES string of the molecule is CC(C)COC(C)Oc1cccc2ccccc12. The molecule has 0 aliphatic heterocycles. The molecule has 2 aromatic rings. The van der Waals surface area contributed by atoms with E-state index in [1.807, 2.05) is 31.2 Å². The van der Waals surface area contributed by atoms with Gasteiger partial charge in [0.05, 0.1) is 6.61 Å². The summed E-state index contributed by atoms with van der Waals surface area (Å²) in [6.07, 6.45) is -0.224. The number of hydrogen-bond donors (Lipinski definition) is 0. The minimum atomic E-state index is -0.224. The third-order valence-corrected chi connectivity index (χ3v) is 2.71. The van der Waals surface area contributed by atoms with E-state index in [4.69, 9.17) is 9.47 Å². The van der Waals surface area contributed by atoms with E-state index >= 15 is 0 Å². The standard InChI is InChI=1S/C16H20O2/c1-12(2)11-17-13(3)18-16-10-6-8-14-7-4-5-9-15(14)16/h4-10,12-13H,11H2,1-3H3. The zero-order valence-corrected chi connectivity index (χ0v) is 11.2. The summed E-state index contributed by atoms with van der Waals surface area (Å²) in [6.45, 7) is 6.91. The summed E-state index contributed by atoms with van der Waals surface area (Å²) in [5.41, 5.74) is 0. The van der Waals surface area contributed by atoms with Gasteiger partial charge in [-0.25, -0.2) is 0 Å². The van der Waals surface area contributed by atoms with Crippen LogP contribution in [0.3, 0.4) is 0 Å². The summed E-state index contributed by atoms with van der Waals surface area (Å²) in [6, 6.07) is 14.3. The second-order valence-electron chi connectivity index (χ2n) is 4.89. The number of benzene rings is 2. The van der Waals surface area contributed by atoms with Crippen molar-refractivity contribution >= 4 is 10.8 Å². The highest BCUT2D eigenvalue weighted by Gasteiger charge is 2.07. The number of fused-ring (bicyclic) bond motifs is 1. The van der Waals surface area contributed by atoms with Gasteiger partial charge >= 0.3 is 0 Å². The van der Waals surface area contributed by atoms with E-state index in [2.05, 4.69) is 32.0 Å². The first-order valence-corrected chi connectivity index (χ1v) is 6.43. The van der Waals surface area contributed by atoms with Crippen LogP contribution in [-0.2, 0) is 4.74 Å². The van der Waals surface area contributed by atoms with Crippen LogP contribution in [0.5, 0.6) is 5.75 Å². The molecule has 2 heteroatoms. The first-order valence-electron chi connectivity index (χ1n) is 6.43. The molecule has 0 aromatic heterocycles. The predicted octanol–water partition coefficient (Wildman–Crippen LogP) is 4.24. The van der Waals surface area contributed by atoms with Gasteiger partial charge in [0.25, 0.3) is 0 Å². The van der Waals surface area contributed by atoms with Gasteiger partial charge in [-0.3, -0.25) is 0 Å². The molecule has 0 heterocycles. The van der Waals surface area contributed by atoms with Crippen LogP contribution in [0.1, 0.15) is 20.8 Å². The molecule has 0 saturated heterocycles. The van der Waals surface area contributed by atoms with Crippen molar-refractivity contribution in [2.75, 3.05) is 6.61 Å². The lowest BCUT2D eigenvalue weighted by Crippen LogP contribution is -2.19. The summed E-state index contributed by atoms with van der Waals surface area (Å²) in [7, 11) is 0. The third-order valence-electron chi connectivity index (χ3n) is 2.71. The Morgan fingerprint density at radius 3 is 2.44 bits per heavy atom. The number of ether oxygens (including phenoxy) is 2. The van der Waals surface area contributed by atoms with Gasteiger partial charge in [0.2, 0.25) is 0 Å². The van der Waals surface area contributed by atoms with Crippen LogP contribution < -0.4 is 4.74 Å². The van der Waals surface area contributed by atoms with Crippen molar-refractivity contribution in [2.45, 2.75) is 27.1 Å². The van der Waals surface area contributed by atoms with Crippen LogP contribution in [0.2, 0.25) is 0 Å². The fourth-order valence-corrected chi connectivity index (χ4v) is 1.84. The molecule has 2 aromatic carbocycles. The molecule has 0 aliphatic carbocycles. The highest BCUT2D eigenvalue weighted by Crippen LogP contribution is 2.26. The largest absolute Gasteiger partial charge is 0.465 e. The Balaban J connectivity index is 2.11. The molecule has 2 nitrogen and oxygen atoms in total. The van der Waals surface area contributed by atoms with Crippen LogP contribution in [0.4, 0.5) is 0 Å². The molecule has 0 aliphatic rings. The second kappa shape index (κ2) is 5.87. The molecule has 1 unspecified atom stereocenters. The maximum atomic E-state index is 5.86. The molecule has 0 fully saturated rings. The van der Waals surface area contributed by atoms with Gasteiger partial charge in [-0.2, -0.15) is 0 Å². The second-order valence-corrected chi connectivity index (χ2v) is 4.89. The summed E-state index contributed by atoms with van der Waals surface area (Å²) in [4.78, 5) is 0. The van der Waals surface area contributed by atoms with Crippen molar-refractivity contribution in [3.05, 3.63) is 42.5 Å². The van der Waals surface area contributed by atoms with Crippen LogP contribution >= 0.6 is 0 Å². The van der Waals surface area contributed by atoms with Gasteiger partial charge in [0.1, 0.15) is 5.75 Å². The fraction of sp³-hybridized carbons (Fsp3) is 0.375. The van der Waals surface area contributed by atoms with Crippen molar-refractivity contribution in [1.82, 2.24) is 0 Å². The average Bonchev–Trinajstić information content (AvgIpc) is 2.37. The van der Waals surface area contributed by atoms with E-state index in [1.54, 1.807) is 0 Å². The summed E-state index contributed by atoms with van der Waals surface area (Å²) in [5.74, 6) is 1.40. The maximum Gasteiger partial charge on any atom is 0.197 e. The molecular weight excluding hydrogens is 224 g/mol. The predicted molar refractivity (Wildman–Crippen MR) is 74.8 cm³/mol. The van der Waals surface area contributed by atoms with E-state index in [1.165, 1.54) is 5.39 Å². The van der Waals surface area contributed by atoms with E-state index in [0.717, 1.165) is 11.1 Å². The Morgan fingerprint density at radius 2 is 1.67 bits per heavy atom. The Bertz CT molecular complexity index is 500. The average molecular weight is 244 g/mol. The van der Waals surface area contributed by atoms with Gasteiger partial charge in [0.15, 0.2) is 6.29 Å². The molecule has 18 heavy (non-hydrogen) atoms. The molecule has 0 radical (unpaired) electrons. The summed E-state index contributed by atoms with van der Waals surface area (Å²) in [5, 5.41) is 2.31. The van der Waals surface area contributed by atoms with E-state index in [-0.39, 0.29) is 6.29 Å². The maximum absolute atomic E-state index is 5.86. The van der Waals surface area contributed by atoms with Crippen molar-refractivity contribution in [3.63, 3.8) is 0 Å². The normalized spacial score (nSPS) is 12.9. The fourth-order valence-electron chi connectivity index (χ4n) is 1.84. The topological polar surface area (TPSA) is 18.5 Å². The monoisotopic (exact) mass is 244 g/mol. The quantitative estimate of drug-likeness (QED) is 0.732. The minimum Gasteiger partial charge on any atom is -0.465 e.